The van der Waals surface area contributed by atoms with Crippen LogP contribution in [0.5, 0.6) is 0 Å². The largest absolute Gasteiger partial charge is 0.399 e. The van der Waals surface area contributed by atoms with E-state index >= 15 is 0 Å². The summed E-state index contributed by atoms with van der Waals surface area (Å²) in [4.78, 5) is 0.295. The minimum atomic E-state index is -3.40. The van der Waals surface area contributed by atoms with Gasteiger partial charge in [-0.25, -0.2) is 8.42 Å². The summed E-state index contributed by atoms with van der Waals surface area (Å²) in [6.07, 6.45) is 1.09. The Morgan fingerprint density at radius 1 is 1.22 bits per heavy atom. The van der Waals surface area contributed by atoms with E-state index in [1.165, 1.54) is 6.07 Å². The molecule has 2 rings (SSSR count). The first-order valence-corrected chi connectivity index (χ1v) is 7.69. The van der Waals surface area contributed by atoms with Crippen molar-refractivity contribution in [1.82, 2.24) is 4.31 Å². The molecular weight excluding hydrogens is 248 g/mol. The van der Waals surface area contributed by atoms with Gasteiger partial charge in [0.05, 0.1) is 4.90 Å². The first-order valence-electron chi connectivity index (χ1n) is 6.25. The van der Waals surface area contributed by atoms with Crippen molar-refractivity contribution in [2.45, 2.75) is 25.2 Å². The van der Waals surface area contributed by atoms with E-state index < -0.39 is 10.0 Å². The van der Waals surface area contributed by atoms with Crippen LogP contribution >= 0.6 is 0 Å². The maximum Gasteiger partial charge on any atom is 0.243 e. The topological polar surface area (TPSA) is 63.4 Å². The van der Waals surface area contributed by atoms with E-state index in [0.717, 1.165) is 6.42 Å². The van der Waals surface area contributed by atoms with Crippen LogP contribution in [0, 0.1) is 11.8 Å². The van der Waals surface area contributed by atoms with Crippen molar-refractivity contribution in [3.8, 4) is 0 Å². The van der Waals surface area contributed by atoms with E-state index in [2.05, 4.69) is 13.8 Å². The number of anilines is 1. The van der Waals surface area contributed by atoms with Gasteiger partial charge in [-0.2, -0.15) is 4.31 Å². The molecule has 18 heavy (non-hydrogen) atoms. The van der Waals surface area contributed by atoms with Gasteiger partial charge in [0.1, 0.15) is 0 Å². The van der Waals surface area contributed by atoms with Gasteiger partial charge in [-0.1, -0.05) is 19.9 Å². The standard InChI is InChI=1S/C13H20N2O2S/c1-10-6-11(2)9-15(8-10)18(16,17)13-5-3-4-12(14)7-13/h3-5,7,10-11H,6,8-9,14H2,1-2H3. The van der Waals surface area contributed by atoms with Gasteiger partial charge in [-0.05, 0) is 36.5 Å². The Morgan fingerprint density at radius 3 is 2.39 bits per heavy atom. The fourth-order valence-corrected chi connectivity index (χ4v) is 4.36. The summed E-state index contributed by atoms with van der Waals surface area (Å²) in [7, 11) is -3.40. The van der Waals surface area contributed by atoms with E-state index in [1.54, 1.807) is 22.5 Å². The van der Waals surface area contributed by atoms with Crippen molar-refractivity contribution in [2.24, 2.45) is 11.8 Å². The zero-order chi connectivity index (χ0) is 13.3. The Hall–Kier alpha value is -1.07. The molecule has 4 nitrogen and oxygen atoms in total. The maximum absolute atomic E-state index is 12.5. The maximum atomic E-state index is 12.5. The number of hydrogen-bond donors (Lipinski definition) is 1. The Bertz CT molecular complexity index is 518. The summed E-state index contributed by atoms with van der Waals surface area (Å²) in [6.45, 7) is 5.39. The Balaban J connectivity index is 2.31. The molecule has 0 aromatic heterocycles. The van der Waals surface area contributed by atoms with Gasteiger partial charge in [0.15, 0.2) is 0 Å². The minimum Gasteiger partial charge on any atom is -0.399 e. The molecule has 0 spiro atoms. The van der Waals surface area contributed by atoms with E-state index in [-0.39, 0.29) is 0 Å². The summed E-state index contributed by atoms with van der Waals surface area (Å²) in [5.74, 6) is 0.814. The zero-order valence-electron chi connectivity index (χ0n) is 10.8. The van der Waals surface area contributed by atoms with E-state index in [9.17, 15) is 8.42 Å². The first kappa shape index (κ1) is 13.4. The fraction of sp³-hybridized carbons (Fsp3) is 0.538. The van der Waals surface area contributed by atoms with Crippen molar-refractivity contribution in [3.05, 3.63) is 24.3 Å². The fourth-order valence-electron chi connectivity index (χ4n) is 2.63. The van der Waals surface area contributed by atoms with Gasteiger partial charge in [0.25, 0.3) is 0 Å². The number of nitrogen functional groups attached to an aromatic ring is 1. The van der Waals surface area contributed by atoms with Gasteiger partial charge in [0.2, 0.25) is 10.0 Å². The second-order valence-electron chi connectivity index (χ2n) is 5.34. The number of rotatable bonds is 2. The quantitative estimate of drug-likeness (QED) is 0.834. The summed E-state index contributed by atoms with van der Waals surface area (Å²) < 4.78 is 26.6. The summed E-state index contributed by atoms with van der Waals surface area (Å²) in [5.41, 5.74) is 6.14. The molecule has 1 aliphatic rings. The first-order chi connectivity index (χ1) is 8.39. The molecule has 0 bridgehead atoms. The van der Waals surface area contributed by atoms with Crippen molar-refractivity contribution in [1.29, 1.82) is 0 Å². The molecule has 0 aliphatic carbocycles. The molecule has 5 heteroatoms. The van der Waals surface area contributed by atoms with Gasteiger partial charge >= 0.3 is 0 Å². The molecule has 0 saturated carbocycles. The lowest BCUT2D eigenvalue weighted by Gasteiger charge is -2.34. The van der Waals surface area contributed by atoms with Crippen LogP contribution < -0.4 is 5.73 Å². The second kappa shape index (κ2) is 4.90. The number of hydrogen-bond acceptors (Lipinski definition) is 3. The number of nitrogens with two attached hydrogens (primary N) is 1. The number of sulfonamides is 1. The number of benzene rings is 1. The highest BCUT2D eigenvalue weighted by atomic mass is 32.2. The van der Waals surface area contributed by atoms with Crippen molar-refractivity contribution >= 4 is 15.7 Å². The molecule has 1 aliphatic heterocycles. The van der Waals surface area contributed by atoms with E-state index in [4.69, 9.17) is 5.73 Å². The predicted octanol–water partition coefficient (Wildman–Crippen LogP) is 1.94. The molecule has 1 fully saturated rings. The predicted molar refractivity (Wildman–Crippen MR) is 72.6 cm³/mol. The highest BCUT2D eigenvalue weighted by Gasteiger charge is 2.31. The van der Waals surface area contributed by atoms with Crippen LogP contribution in [0.15, 0.2) is 29.2 Å². The summed E-state index contributed by atoms with van der Waals surface area (Å²) in [6, 6.07) is 6.51. The number of piperidine rings is 1. The molecule has 2 unspecified atom stereocenters. The van der Waals surface area contributed by atoms with Gasteiger partial charge in [-0.3, -0.25) is 0 Å². The van der Waals surface area contributed by atoms with Crippen molar-refractivity contribution in [2.75, 3.05) is 18.8 Å². The molecule has 0 amide bonds. The summed E-state index contributed by atoms with van der Waals surface area (Å²) in [5, 5.41) is 0. The minimum absolute atomic E-state index is 0.295. The van der Waals surface area contributed by atoms with E-state index in [0.29, 0.717) is 35.5 Å². The lowest BCUT2D eigenvalue weighted by Crippen LogP contribution is -2.42. The monoisotopic (exact) mass is 268 g/mol. The molecule has 1 heterocycles. The molecule has 2 atom stereocenters. The van der Waals surface area contributed by atoms with Crippen LogP contribution in [0.4, 0.5) is 5.69 Å². The van der Waals surface area contributed by atoms with Gasteiger partial charge < -0.3 is 5.73 Å². The summed E-state index contributed by atoms with van der Waals surface area (Å²) >= 11 is 0. The average molecular weight is 268 g/mol. The lowest BCUT2D eigenvalue weighted by atomic mass is 9.94. The third-order valence-corrected chi connectivity index (χ3v) is 5.16. The van der Waals surface area contributed by atoms with E-state index in [1.807, 2.05) is 0 Å². The van der Waals surface area contributed by atoms with Crippen LogP contribution in [0.2, 0.25) is 0 Å². The molecule has 0 radical (unpaired) electrons. The highest BCUT2D eigenvalue weighted by Crippen LogP contribution is 2.27. The molecule has 1 saturated heterocycles. The van der Waals surface area contributed by atoms with Crippen LogP contribution in [0.25, 0.3) is 0 Å². The van der Waals surface area contributed by atoms with Crippen LogP contribution in [0.3, 0.4) is 0 Å². The molecular formula is C13H20N2O2S. The van der Waals surface area contributed by atoms with Gasteiger partial charge in [-0.15, -0.1) is 0 Å². The third kappa shape index (κ3) is 2.67. The highest BCUT2D eigenvalue weighted by molar-refractivity contribution is 7.89. The van der Waals surface area contributed by atoms with Crippen molar-refractivity contribution in [3.63, 3.8) is 0 Å². The van der Waals surface area contributed by atoms with Crippen LogP contribution in [-0.2, 0) is 10.0 Å². The smallest absolute Gasteiger partial charge is 0.243 e. The average Bonchev–Trinajstić information content (AvgIpc) is 2.27. The molecule has 2 N–H and O–H groups in total. The Morgan fingerprint density at radius 2 is 1.83 bits per heavy atom. The SMILES string of the molecule is CC1CC(C)CN(S(=O)(=O)c2cccc(N)c2)C1. The van der Waals surface area contributed by atoms with Crippen molar-refractivity contribution < 1.29 is 8.42 Å². The molecule has 1 aromatic carbocycles. The second-order valence-corrected chi connectivity index (χ2v) is 7.28. The lowest BCUT2D eigenvalue weighted by molar-refractivity contribution is 0.222. The van der Waals surface area contributed by atoms with Gasteiger partial charge in [0, 0.05) is 18.8 Å². The third-order valence-electron chi connectivity index (χ3n) is 3.33. The zero-order valence-corrected chi connectivity index (χ0v) is 11.7. The molecule has 100 valence electrons. The van der Waals surface area contributed by atoms with Crippen LogP contribution in [-0.4, -0.2) is 25.8 Å². The number of nitrogens with zero attached hydrogens (tertiary/aromatic N) is 1. The normalized spacial score (nSPS) is 26.1. The molecule has 1 aromatic rings. The Kier molecular flexibility index (Phi) is 3.64. The van der Waals surface area contributed by atoms with Crippen LogP contribution in [0.1, 0.15) is 20.3 Å². The Labute approximate surface area is 109 Å².